The molecule has 1 saturated carbocycles. The van der Waals surface area contributed by atoms with Gasteiger partial charge in [-0.05, 0) is 36.6 Å². The van der Waals surface area contributed by atoms with E-state index in [2.05, 4.69) is 23.2 Å². The number of carbonyl (C=O) groups is 1. The first kappa shape index (κ1) is 17.2. The van der Waals surface area contributed by atoms with Crippen LogP contribution in [-0.2, 0) is 10.2 Å². The molecule has 1 aliphatic heterocycles. The summed E-state index contributed by atoms with van der Waals surface area (Å²) in [6, 6.07) is 13.9. The van der Waals surface area contributed by atoms with Crippen molar-refractivity contribution < 1.29 is 14.3 Å². The first-order chi connectivity index (χ1) is 13.6. The fourth-order valence-electron chi connectivity index (χ4n) is 4.89. The second-order valence-electron chi connectivity index (χ2n) is 7.87. The number of H-pyrrole nitrogens is 1. The Kier molecular flexibility index (Phi) is 3.69. The van der Waals surface area contributed by atoms with Gasteiger partial charge in [-0.15, -0.1) is 0 Å². The molecule has 0 saturated heterocycles. The number of aromatic amines is 1. The molecule has 144 valence electrons. The average Bonchev–Trinajstić information content (AvgIpc) is 3.36. The number of hydrogen-bond donors (Lipinski definition) is 1. The van der Waals surface area contributed by atoms with Crippen LogP contribution in [0.25, 0.3) is 10.9 Å². The van der Waals surface area contributed by atoms with Gasteiger partial charge in [0.1, 0.15) is 17.5 Å². The molecular weight excluding hydrogens is 352 g/mol. The monoisotopic (exact) mass is 376 g/mol. The zero-order chi connectivity index (χ0) is 19.5. The summed E-state index contributed by atoms with van der Waals surface area (Å²) in [6.07, 6.45) is 2.23. The van der Waals surface area contributed by atoms with Gasteiger partial charge >= 0.3 is 0 Å². The van der Waals surface area contributed by atoms with Crippen molar-refractivity contribution in [3.63, 3.8) is 0 Å². The Morgan fingerprint density at radius 3 is 2.36 bits per heavy atom. The van der Waals surface area contributed by atoms with Crippen LogP contribution in [0.15, 0.2) is 42.5 Å². The minimum Gasteiger partial charge on any atom is -0.496 e. The second-order valence-corrected chi connectivity index (χ2v) is 7.87. The van der Waals surface area contributed by atoms with Crippen molar-refractivity contribution in [2.45, 2.75) is 31.2 Å². The molecule has 28 heavy (non-hydrogen) atoms. The highest BCUT2D eigenvalue weighted by Gasteiger charge is 2.55. The predicted molar refractivity (Wildman–Crippen MR) is 108 cm³/mol. The Bertz CT molecular complexity index is 1060. The first-order valence-corrected chi connectivity index (χ1v) is 9.69. The van der Waals surface area contributed by atoms with E-state index in [1.807, 2.05) is 29.2 Å². The number of fused-ring (bicyclic) bond motifs is 4. The van der Waals surface area contributed by atoms with E-state index in [1.54, 1.807) is 21.1 Å². The third-order valence-corrected chi connectivity index (χ3v) is 6.32. The Morgan fingerprint density at radius 2 is 1.75 bits per heavy atom. The van der Waals surface area contributed by atoms with Crippen LogP contribution in [0.5, 0.6) is 11.5 Å². The fraction of sp³-hybridized carbons (Fsp3) is 0.348. The zero-order valence-corrected chi connectivity index (χ0v) is 16.4. The largest absolute Gasteiger partial charge is 0.496 e. The summed E-state index contributed by atoms with van der Waals surface area (Å²) in [5.74, 6) is 1.52. The van der Waals surface area contributed by atoms with Gasteiger partial charge in [0.2, 0.25) is 5.91 Å². The lowest BCUT2D eigenvalue weighted by atomic mass is 9.82. The van der Waals surface area contributed by atoms with Gasteiger partial charge < -0.3 is 19.4 Å². The molecular formula is C23H24N2O3. The van der Waals surface area contributed by atoms with Crippen LogP contribution in [-0.4, -0.2) is 36.6 Å². The van der Waals surface area contributed by atoms with E-state index in [1.165, 1.54) is 10.9 Å². The Hall–Kier alpha value is -2.95. The van der Waals surface area contributed by atoms with E-state index in [0.29, 0.717) is 0 Å². The van der Waals surface area contributed by atoms with Gasteiger partial charge in [0.25, 0.3) is 0 Å². The molecule has 0 bridgehead atoms. The van der Waals surface area contributed by atoms with E-state index < -0.39 is 0 Å². The summed E-state index contributed by atoms with van der Waals surface area (Å²) in [5, 5.41) is 1.26. The number of aromatic nitrogens is 1. The Morgan fingerprint density at radius 1 is 1.07 bits per heavy atom. The van der Waals surface area contributed by atoms with Gasteiger partial charge in [0.05, 0.1) is 19.8 Å². The first-order valence-electron chi connectivity index (χ1n) is 9.69. The van der Waals surface area contributed by atoms with Crippen molar-refractivity contribution >= 4 is 16.8 Å². The van der Waals surface area contributed by atoms with Crippen LogP contribution in [0.2, 0.25) is 0 Å². The van der Waals surface area contributed by atoms with Gasteiger partial charge in [-0.2, -0.15) is 0 Å². The summed E-state index contributed by atoms with van der Waals surface area (Å²) in [7, 11) is 3.32. The number of carbonyl (C=O) groups excluding carboxylic acids is 1. The highest BCUT2D eigenvalue weighted by atomic mass is 16.5. The number of benzene rings is 2. The molecule has 1 unspecified atom stereocenters. The lowest BCUT2D eigenvalue weighted by Gasteiger charge is -2.40. The van der Waals surface area contributed by atoms with E-state index in [0.717, 1.165) is 47.7 Å². The maximum absolute atomic E-state index is 12.8. The second kappa shape index (κ2) is 6.03. The number of amides is 1. The summed E-state index contributed by atoms with van der Waals surface area (Å²) in [6.45, 7) is 2.38. The zero-order valence-electron chi connectivity index (χ0n) is 16.4. The van der Waals surface area contributed by atoms with Gasteiger partial charge in [-0.3, -0.25) is 4.79 Å². The molecule has 2 heterocycles. The molecule has 2 aliphatic rings. The number of ether oxygens (including phenoxy) is 2. The number of para-hydroxylation sites is 1. The summed E-state index contributed by atoms with van der Waals surface area (Å²) in [5.41, 5.74) is 4.52. The molecule has 5 nitrogen and oxygen atoms in total. The molecule has 1 N–H and O–H groups in total. The molecule has 5 rings (SSSR count). The van der Waals surface area contributed by atoms with Crippen LogP contribution >= 0.6 is 0 Å². The molecule has 1 spiro atoms. The quantitative estimate of drug-likeness (QED) is 0.746. The van der Waals surface area contributed by atoms with Crippen molar-refractivity contribution in [2.75, 3.05) is 20.8 Å². The van der Waals surface area contributed by atoms with E-state index in [-0.39, 0.29) is 17.4 Å². The fourth-order valence-corrected chi connectivity index (χ4v) is 4.89. The van der Waals surface area contributed by atoms with Crippen LogP contribution in [0.3, 0.4) is 0 Å². The summed E-state index contributed by atoms with van der Waals surface area (Å²) in [4.78, 5) is 18.4. The number of nitrogens with one attached hydrogen (secondary N) is 1. The topological polar surface area (TPSA) is 54.6 Å². The van der Waals surface area contributed by atoms with Crippen molar-refractivity contribution in [2.24, 2.45) is 0 Å². The van der Waals surface area contributed by atoms with Crippen molar-refractivity contribution in [1.82, 2.24) is 9.88 Å². The third-order valence-electron chi connectivity index (χ3n) is 6.32. The van der Waals surface area contributed by atoms with Crippen molar-refractivity contribution in [3.8, 4) is 11.5 Å². The van der Waals surface area contributed by atoms with E-state index in [9.17, 15) is 4.79 Å². The minimum atomic E-state index is -0.266. The molecule has 1 fully saturated rings. The molecule has 1 aromatic heterocycles. The smallest absolute Gasteiger partial charge is 0.220 e. The molecule has 5 heteroatoms. The van der Waals surface area contributed by atoms with Crippen LogP contribution < -0.4 is 9.47 Å². The normalized spacial score (nSPS) is 19.5. The average molecular weight is 376 g/mol. The highest BCUT2D eigenvalue weighted by Crippen LogP contribution is 2.59. The SMILES string of the molecule is COc1cccc(OC)c1C1c2[nH]c3ccccc3c2C2(CC2)CN1C(C)=O. The maximum Gasteiger partial charge on any atom is 0.220 e. The molecule has 1 aliphatic carbocycles. The van der Waals surface area contributed by atoms with Crippen LogP contribution in [0.4, 0.5) is 0 Å². The third kappa shape index (κ3) is 2.28. The number of rotatable bonds is 3. The van der Waals surface area contributed by atoms with Gasteiger partial charge in [-0.1, -0.05) is 24.3 Å². The number of methoxy groups -OCH3 is 2. The van der Waals surface area contributed by atoms with E-state index in [4.69, 9.17) is 9.47 Å². The highest BCUT2D eigenvalue weighted by molar-refractivity contribution is 5.88. The lowest BCUT2D eigenvalue weighted by molar-refractivity contribution is -0.131. The summed E-state index contributed by atoms with van der Waals surface area (Å²) >= 11 is 0. The predicted octanol–water partition coefficient (Wildman–Crippen LogP) is 4.17. The Balaban J connectivity index is 1.83. The molecule has 0 radical (unpaired) electrons. The number of nitrogens with zero attached hydrogens (tertiary/aromatic N) is 1. The van der Waals surface area contributed by atoms with Crippen molar-refractivity contribution in [3.05, 3.63) is 59.3 Å². The van der Waals surface area contributed by atoms with Crippen molar-refractivity contribution in [1.29, 1.82) is 0 Å². The lowest BCUT2D eigenvalue weighted by Crippen LogP contribution is -2.44. The van der Waals surface area contributed by atoms with Gasteiger partial charge in [0.15, 0.2) is 0 Å². The van der Waals surface area contributed by atoms with Crippen LogP contribution in [0.1, 0.15) is 42.6 Å². The van der Waals surface area contributed by atoms with E-state index >= 15 is 0 Å². The summed E-state index contributed by atoms with van der Waals surface area (Å²) < 4.78 is 11.4. The Labute approximate surface area is 164 Å². The molecule has 1 atom stereocenters. The van der Waals surface area contributed by atoms with Crippen LogP contribution in [0, 0.1) is 0 Å². The maximum atomic E-state index is 12.8. The van der Waals surface area contributed by atoms with Gasteiger partial charge in [-0.25, -0.2) is 0 Å². The minimum absolute atomic E-state index is 0.0619. The number of hydrogen-bond acceptors (Lipinski definition) is 3. The molecule has 3 aromatic rings. The standard InChI is InChI=1S/C23H24N2O3/c1-14(26)25-13-23(11-12-23)20-15-7-4-5-8-16(15)24-21(20)22(25)19-17(27-2)9-6-10-18(19)28-3/h4-10,22,24H,11-13H2,1-3H3. The van der Waals surface area contributed by atoms with Gasteiger partial charge in [0, 0.05) is 35.5 Å². The molecule has 1 amide bonds. The molecule has 2 aromatic carbocycles.